The first-order valence-electron chi connectivity index (χ1n) is 7.39. The Morgan fingerprint density at radius 1 is 1.33 bits per heavy atom. The highest BCUT2D eigenvalue weighted by molar-refractivity contribution is 7.92. The molecule has 0 saturated heterocycles. The van der Waals surface area contributed by atoms with E-state index in [1.807, 2.05) is 6.92 Å². The highest BCUT2D eigenvalue weighted by atomic mass is 32.2. The summed E-state index contributed by atoms with van der Waals surface area (Å²) in [6, 6.07) is 6.22. The van der Waals surface area contributed by atoms with Crippen LogP contribution in [0, 0.1) is 5.82 Å². The van der Waals surface area contributed by atoms with Crippen molar-refractivity contribution in [2.24, 2.45) is 0 Å². The molecule has 0 bridgehead atoms. The molecule has 8 heteroatoms. The molecule has 0 aliphatic carbocycles. The Hall–Kier alpha value is -2.48. The summed E-state index contributed by atoms with van der Waals surface area (Å²) in [5, 5.41) is 0. The number of halogens is 1. The van der Waals surface area contributed by atoms with Crippen molar-refractivity contribution in [3.8, 4) is 0 Å². The molecule has 1 aliphatic heterocycles. The molecule has 6 nitrogen and oxygen atoms in total. The molecule has 24 heavy (non-hydrogen) atoms. The van der Waals surface area contributed by atoms with Crippen LogP contribution >= 0.6 is 0 Å². The van der Waals surface area contributed by atoms with Gasteiger partial charge in [0.15, 0.2) is 0 Å². The molecule has 0 spiro atoms. The molecule has 0 unspecified atom stereocenters. The number of anilines is 1. The van der Waals surface area contributed by atoms with Crippen molar-refractivity contribution in [1.29, 1.82) is 0 Å². The lowest BCUT2D eigenvalue weighted by molar-refractivity contribution is 0.0478. The number of nitrogens with zero attached hydrogens (tertiary/aromatic N) is 1. The smallest absolute Gasteiger partial charge is 0.340 e. The molecule has 0 saturated carbocycles. The van der Waals surface area contributed by atoms with E-state index in [4.69, 9.17) is 4.74 Å². The minimum atomic E-state index is -3.97. The molecule has 2 heterocycles. The fourth-order valence-corrected chi connectivity index (χ4v) is 3.59. The van der Waals surface area contributed by atoms with E-state index >= 15 is 0 Å². The second-order valence-corrected chi connectivity index (χ2v) is 6.97. The number of fused-ring (bicyclic) bond motifs is 1. The first-order chi connectivity index (χ1) is 11.4. The van der Waals surface area contributed by atoms with Crippen molar-refractivity contribution in [2.45, 2.75) is 24.7 Å². The zero-order valence-electron chi connectivity index (χ0n) is 12.9. The van der Waals surface area contributed by atoms with Gasteiger partial charge in [-0.05, 0) is 36.2 Å². The summed E-state index contributed by atoms with van der Waals surface area (Å²) in [6.07, 6.45) is 0.943. The number of aryl methyl sites for hydroxylation is 1. The number of pyridine rings is 1. The summed E-state index contributed by atoms with van der Waals surface area (Å²) in [6.45, 7) is 2.06. The van der Waals surface area contributed by atoms with Crippen LogP contribution in [-0.2, 0) is 27.6 Å². The Labute approximate surface area is 138 Å². The van der Waals surface area contributed by atoms with Gasteiger partial charge in [0.2, 0.25) is 0 Å². The van der Waals surface area contributed by atoms with Crippen molar-refractivity contribution in [2.75, 3.05) is 11.3 Å². The van der Waals surface area contributed by atoms with Crippen LogP contribution in [-0.4, -0.2) is 26.0 Å². The Morgan fingerprint density at radius 2 is 2.12 bits per heavy atom. The Balaban J connectivity index is 2.00. The summed E-state index contributed by atoms with van der Waals surface area (Å²) in [7, 11) is -3.97. The van der Waals surface area contributed by atoms with Crippen molar-refractivity contribution in [3.63, 3.8) is 0 Å². The first-order valence-corrected chi connectivity index (χ1v) is 8.87. The van der Waals surface area contributed by atoms with Gasteiger partial charge < -0.3 is 4.74 Å². The lowest BCUT2D eigenvalue weighted by Gasteiger charge is -2.19. The molecule has 1 aliphatic rings. The van der Waals surface area contributed by atoms with Gasteiger partial charge in [-0.3, -0.25) is 4.72 Å². The average Bonchev–Trinajstić information content (AvgIpc) is 2.54. The second-order valence-electron chi connectivity index (χ2n) is 5.29. The lowest BCUT2D eigenvalue weighted by Crippen LogP contribution is -2.22. The van der Waals surface area contributed by atoms with E-state index in [1.165, 1.54) is 18.2 Å². The number of carbonyl (C=O) groups excluding carboxylic acids is 1. The van der Waals surface area contributed by atoms with Gasteiger partial charge in [0, 0.05) is 6.42 Å². The van der Waals surface area contributed by atoms with Crippen molar-refractivity contribution >= 4 is 21.8 Å². The molecule has 1 N–H and O–H groups in total. The quantitative estimate of drug-likeness (QED) is 0.855. The number of aromatic nitrogens is 1. The molecule has 126 valence electrons. The maximum absolute atomic E-state index is 13.3. The molecule has 0 atom stereocenters. The third kappa shape index (κ3) is 3.09. The summed E-state index contributed by atoms with van der Waals surface area (Å²) < 4.78 is 45.4. The van der Waals surface area contributed by atoms with E-state index < -0.39 is 21.8 Å². The summed E-state index contributed by atoms with van der Waals surface area (Å²) in [4.78, 5) is 15.9. The van der Waals surface area contributed by atoms with E-state index in [0.29, 0.717) is 29.7 Å². The van der Waals surface area contributed by atoms with E-state index in [1.54, 1.807) is 0 Å². The number of benzene rings is 1. The van der Waals surface area contributed by atoms with E-state index in [9.17, 15) is 17.6 Å². The largest absolute Gasteiger partial charge is 0.462 e. The highest BCUT2D eigenvalue weighted by Gasteiger charge is 2.25. The van der Waals surface area contributed by atoms with Crippen LogP contribution < -0.4 is 4.72 Å². The summed E-state index contributed by atoms with van der Waals surface area (Å²) in [5.41, 5.74) is 1.56. The summed E-state index contributed by atoms with van der Waals surface area (Å²) in [5.74, 6) is -0.988. The second kappa shape index (κ2) is 6.20. The topological polar surface area (TPSA) is 85.4 Å². The number of ether oxygens (including phenoxy) is 1. The van der Waals surface area contributed by atoms with E-state index in [2.05, 4.69) is 9.71 Å². The maximum Gasteiger partial charge on any atom is 0.340 e. The normalized spacial score (nSPS) is 14.0. The van der Waals surface area contributed by atoms with Crippen LogP contribution in [0.2, 0.25) is 0 Å². The Kier molecular flexibility index (Phi) is 4.23. The van der Waals surface area contributed by atoms with Crippen LogP contribution in [0.3, 0.4) is 0 Å². The number of hydrogen-bond donors (Lipinski definition) is 1. The number of sulfonamides is 1. The van der Waals surface area contributed by atoms with Gasteiger partial charge in [-0.1, -0.05) is 13.0 Å². The number of rotatable bonds is 4. The molecular formula is C16H15FN2O4S. The van der Waals surface area contributed by atoms with Crippen molar-refractivity contribution in [1.82, 2.24) is 4.98 Å². The fraction of sp³-hybridized carbons (Fsp3) is 0.250. The first kappa shape index (κ1) is 16.4. The van der Waals surface area contributed by atoms with Crippen LogP contribution in [0.25, 0.3) is 0 Å². The standard InChI is InChI=1S/C16H15FN2O4S/c1-2-13-15-10(6-7-23-16(15)20)8-14(18-13)19-24(21,22)12-5-3-4-11(17)9-12/h3-5,8-9H,2,6-7H2,1H3,(H,18,19). The van der Waals surface area contributed by atoms with Gasteiger partial charge in [-0.15, -0.1) is 0 Å². The van der Waals surface area contributed by atoms with Crippen LogP contribution in [0.5, 0.6) is 0 Å². The van der Waals surface area contributed by atoms with Gasteiger partial charge in [0.05, 0.1) is 22.8 Å². The van der Waals surface area contributed by atoms with Crippen LogP contribution in [0.1, 0.15) is 28.5 Å². The molecule has 2 aromatic rings. The Morgan fingerprint density at radius 3 is 2.83 bits per heavy atom. The third-order valence-electron chi connectivity index (χ3n) is 3.66. The SMILES string of the molecule is CCc1nc(NS(=O)(=O)c2cccc(F)c2)cc2c1C(=O)OCC2. The monoisotopic (exact) mass is 350 g/mol. The van der Waals surface area contributed by atoms with E-state index in [0.717, 1.165) is 12.1 Å². The summed E-state index contributed by atoms with van der Waals surface area (Å²) >= 11 is 0. The predicted molar refractivity (Wildman–Crippen MR) is 84.8 cm³/mol. The maximum atomic E-state index is 13.3. The molecule has 0 radical (unpaired) electrons. The lowest BCUT2D eigenvalue weighted by atomic mass is 10.0. The average molecular weight is 350 g/mol. The number of carbonyl (C=O) groups is 1. The van der Waals surface area contributed by atoms with Gasteiger partial charge in [0.1, 0.15) is 11.6 Å². The number of esters is 1. The molecule has 1 aromatic carbocycles. The fourth-order valence-electron chi connectivity index (χ4n) is 2.57. The minimum Gasteiger partial charge on any atom is -0.462 e. The van der Waals surface area contributed by atoms with Gasteiger partial charge in [0.25, 0.3) is 10.0 Å². The van der Waals surface area contributed by atoms with E-state index in [-0.39, 0.29) is 17.3 Å². The number of hydrogen-bond acceptors (Lipinski definition) is 5. The molecule has 1 aromatic heterocycles. The zero-order valence-corrected chi connectivity index (χ0v) is 13.7. The molecular weight excluding hydrogens is 335 g/mol. The predicted octanol–water partition coefficient (Wildman–Crippen LogP) is 2.30. The van der Waals surface area contributed by atoms with Gasteiger partial charge in [-0.2, -0.15) is 0 Å². The van der Waals surface area contributed by atoms with Gasteiger partial charge >= 0.3 is 5.97 Å². The molecule has 3 rings (SSSR count). The molecule has 0 amide bonds. The minimum absolute atomic E-state index is 0.101. The number of nitrogens with one attached hydrogen (secondary N) is 1. The van der Waals surface area contributed by atoms with Crippen molar-refractivity contribution in [3.05, 3.63) is 53.0 Å². The molecule has 0 fully saturated rings. The van der Waals surface area contributed by atoms with Gasteiger partial charge in [-0.25, -0.2) is 22.6 Å². The van der Waals surface area contributed by atoms with Crippen LogP contribution in [0.4, 0.5) is 10.2 Å². The highest BCUT2D eigenvalue weighted by Crippen LogP contribution is 2.25. The Bertz CT molecular complexity index is 895. The van der Waals surface area contributed by atoms with Crippen LogP contribution in [0.15, 0.2) is 35.2 Å². The number of cyclic esters (lactones) is 1. The zero-order chi connectivity index (χ0) is 17.3. The van der Waals surface area contributed by atoms with Crippen molar-refractivity contribution < 1.29 is 22.3 Å². The third-order valence-corrected chi connectivity index (χ3v) is 5.02.